The van der Waals surface area contributed by atoms with E-state index in [4.69, 9.17) is 0 Å². The molecule has 0 bridgehead atoms. The van der Waals surface area contributed by atoms with Crippen LogP contribution in [0.4, 0.5) is 5.95 Å². The second-order valence-electron chi connectivity index (χ2n) is 3.84. The lowest BCUT2D eigenvalue weighted by Gasteiger charge is -2.12. The molecule has 0 saturated heterocycles. The molecule has 18 heavy (non-hydrogen) atoms. The molecular weight excluding hydrogens is 310 g/mol. The van der Waals surface area contributed by atoms with E-state index >= 15 is 0 Å². The van der Waals surface area contributed by atoms with Gasteiger partial charge >= 0.3 is 0 Å². The fraction of sp³-hybridized carbons (Fsp3) is 0.231. The van der Waals surface area contributed by atoms with Gasteiger partial charge in [0.05, 0.1) is 0 Å². The first-order chi connectivity index (χ1) is 8.74. The van der Waals surface area contributed by atoms with Crippen LogP contribution in [0.25, 0.3) is 0 Å². The summed E-state index contributed by atoms with van der Waals surface area (Å²) in [4.78, 5) is 9.53. The molecule has 0 fully saturated rings. The van der Waals surface area contributed by atoms with Crippen molar-refractivity contribution >= 4 is 33.6 Å². The largest absolute Gasteiger partial charge is 0.353 e. The number of anilines is 1. The summed E-state index contributed by atoms with van der Waals surface area (Å²) in [6.07, 6.45) is 3.48. The average molecular weight is 324 g/mol. The van der Waals surface area contributed by atoms with E-state index in [0.29, 0.717) is 11.2 Å². The third kappa shape index (κ3) is 4.31. The molecule has 2 rings (SSSR count). The van der Waals surface area contributed by atoms with Gasteiger partial charge in [0.25, 0.3) is 0 Å². The van der Waals surface area contributed by atoms with E-state index in [2.05, 4.69) is 62.4 Å². The van der Waals surface area contributed by atoms with Crippen molar-refractivity contribution < 1.29 is 0 Å². The molecule has 1 N–H and O–H groups in total. The van der Waals surface area contributed by atoms with Gasteiger partial charge in [0, 0.05) is 33.6 Å². The number of hydrogen-bond acceptors (Lipinski definition) is 4. The van der Waals surface area contributed by atoms with Crippen LogP contribution in [0.1, 0.15) is 6.92 Å². The normalized spacial score (nSPS) is 12.1. The van der Waals surface area contributed by atoms with Gasteiger partial charge in [-0.2, -0.15) is 0 Å². The Morgan fingerprint density at radius 2 is 1.89 bits per heavy atom. The molecule has 1 atom stereocenters. The van der Waals surface area contributed by atoms with Crippen LogP contribution in [-0.4, -0.2) is 21.8 Å². The van der Waals surface area contributed by atoms with Crippen LogP contribution in [-0.2, 0) is 0 Å². The van der Waals surface area contributed by atoms with Gasteiger partial charge in [0.1, 0.15) is 0 Å². The van der Waals surface area contributed by atoms with Crippen molar-refractivity contribution in [3.63, 3.8) is 0 Å². The summed E-state index contributed by atoms with van der Waals surface area (Å²) in [6.45, 7) is 3.02. The van der Waals surface area contributed by atoms with Gasteiger partial charge in [-0.1, -0.05) is 22.9 Å². The summed E-state index contributed by atoms with van der Waals surface area (Å²) in [5.41, 5.74) is 0. The summed E-state index contributed by atoms with van der Waals surface area (Å²) in [5.74, 6) is 0.681. The van der Waals surface area contributed by atoms with Crippen molar-refractivity contribution in [2.24, 2.45) is 0 Å². The molecule has 1 aromatic heterocycles. The van der Waals surface area contributed by atoms with Gasteiger partial charge < -0.3 is 5.32 Å². The quantitative estimate of drug-likeness (QED) is 0.848. The minimum absolute atomic E-state index is 0.454. The second kappa shape index (κ2) is 6.75. The van der Waals surface area contributed by atoms with Crippen LogP contribution < -0.4 is 5.32 Å². The van der Waals surface area contributed by atoms with Gasteiger partial charge in [0.15, 0.2) is 0 Å². The lowest BCUT2D eigenvalue weighted by Crippen LogP contribution is -2.14. The van der Waals surface area contributed by atoms with Crippen molar-refractivity contribution in [3.05, 3.63) is 47.2 Å². The lowest BCUT2D eigenvalue weighted by molar-refractivity contribution is 0.968. The zero-order valence-electron chi connectivity index (χ0n) is 10.0. The maximum atomic E-state index is 4.13. The summed E-state index contributed by atoms with van der Waals surface area (Å²) < 4.78 is 1.11. The van der Waals surface area contributed by atoms with Crippen LogP contribution in [0.2, 0.25) is 0 Å². The Morgan fingerprint density at radius 1 is 1.22 bits per heavy atom. The Bertz CT molecular complexity index is 475. The minimum Gasteiger partial charge on any atom is -0.353 e. The van der Waals surface area contributed by atoms with E-state index < -0.39 is 0 Å². The lowest BCUT2D eigenvalue weighted by atomic mass is 10.4. The van der Waals surface area contributed by atoms with Gasteiger partial charge in [-0.3, -0.25) is 0 Å². The molecule has 5 heteroatoms. The fourth-order valence-corrected chi connectivity index (χ4v) is 2.60. The third-order valence-electron chi connectivity index (χ3n) is 2.26. The molecule has 94 valence electrons. The van der Waals surface area contributed by atoms with Crippen molar-refractivity contribution in [2.75, 3.05) is 11.9 Å². The zero-order valence-corrected chi connectivity index (χ0v) is 12.4. The van der Waals surface area contributed by atoms with E-state index in [1.807, 2.05) is 17.8 Å². The predicted molar refractivity (Wildman–Crippen MR) is 80.0 cm³/mol. The number of halogens is 1. The average Bonchev–Trinajstić information content (AvgIpc) is 2.40. The smallest absolute Gasteiger partial charge is 0.222 e. The number of hydrogen-bond donors (Lipinski definition) is 1. The van der Waals surface area contributed by atoms with E-state index in [9.17, 15) is 0 Å². The maximum absolute atomic E-state index is 4.13. The Labute approximate surface area is 120 Å². The number of aromatic nitrogens is 2. The standard InChI is InChI=1S/C13H14BrN3S/c1-10(9-17-13-15-7-2-8-16-13)18-12-5-3-11(14)4-6-12/h2-8,10H,9H2,1H3,(H,15,16,17). The molecule has 0 aliphatic heterocycles. The molecule has 1 aromatic carbocycles. The molecular formula is C13H14BrN3S. The molecule has 0 radical (unpaired) electrons. The van der Waals surface area contributed by atoms with Crippen molar-refractivity contribution in [3.8, 4) is 0 Å². The summed E-state index contributed by atoms with van der Waals surface area (Å²) >= 11 is 5.27. The SMILES string of the molecule is CC(CNc1ncccn1)Sc1ccc(Br)cc1. The number of nitrogens with zero attached hydrogens (tertiary/aromatic N) is 2. The maximum Gasteiger partial charge on any atom is 0.222 e. The summed E-state index contributed by atoms with van der Waals surface area (Å²) in [7, 11) is 0. The van der Waals surface area contributed by atoms with Crippen molar-refractivity contribution in [2.45, 2.75) is 17.1 Å². The van der Waals surface area contributed by atoms with Gasteiger partial charge in [-0.15, -0.1) is 11.8 Å². The van der Waals surface area contributed by atoms with Crippen LogP contribution in [0.5, 0.6) is 0 Å². The molecule has 0 aliphatic rings. The molecule has 0 aliphatic carbocycles. The first-order valence-corrected chi connectivity index (χ1v) is 7.34. The van der Waals surface area contributed by atoms with Crippen LogP contribution in [0.15, 0.2) is 52.1 Å². The topological polar surface area (TPSA) is 37.8 Å². The molecule has 0 saturated carbocycles. The van der Waals surface area contributed by atoms with Crippen LogP contribution in [0, 0.1) is 0 Å². The molecule has 0 amide bonds. The number of nitrogens with one attached hydrogen (secondary N) is 1. The Hall–Kier alpha value is -1.07. The monoisotopic (exact) mass is 323 g/mol. The van der Waals surface area contributed by atoms with E-state index in [1.54, 1.807) is 12.4 Å². The molecule has 2 aromatic rings. The zero-order chi connectivity index (χ0) is 12.8. The summed E-state index contributed by atoms with van der Waals surface area (Å²) in [5, 5.41) is 3.68. The first kappa shape index (κ1) is 13.4. The predicted octanol–water partition coefficient (Wildman–Crippen LogP) is 3.83. The fourth-order valence-electron chi connectivity index (χ4n) is 1.41. The molecule has 1 unspecified atom stereocenters. The highest BCUT2D eigenvalue weighted by Crippen LogP contribution is 2.24. The van der Waals surface area contributed by atoms with Gasteiger partial charge in [-0.25, -0.2) is 9.97 Å². The molecule has 1 heterocycles. The van der Waals surface area contributed by atoms with Gasteiger partial charge in [-0.05, 0) is 30.3 Å². The third-order valence-corrected chi connectivity index (χ3v) is 3.91. The highest BCUT2D eigenvalue weighted by Gasteiger charge is 2.05. The van der Waals surface area contributed by atoms with Crippen molar-refractivity contribution in [1.29, 1.82) is 0 Å². The van der Waals surface area contributed by atoms with E-state index in [1.165, 1.54) is 4.90 Å². The number of thioether (sulfide) groups is 1. The Kier molecular flexibility index (Phi) is 5.01. The van der Waals surface area contributed by atoms with Crippen LogP contribution in [0.3, 0.4) is 0 Å². The van der Waals surface area contributed by atoms with E-state index in [-0.39, 0.29) is 0 Å². The van der Waals surface area contributed by atoms with Crippen LogP contribution >= 0.6 is 27.7 Å². The molecule has 0 spiro atoms. The Morgan fingerprint density at radius 3 is 2.56 bits per heavy atom. The van der Waals surface area contributed by atoms with E-state index in [0.717, 1.165) is 11.0 Å². The first-order valence-electron chi connectivity index (χ1n) is 5.67. The van der Waals surface area contributed by atoms with Gasteiger partial charge in [0.2, 0.25) is 5.95 Å². The number of benzene rings is 1. The second-order valence-corrected chi connectivity index (χ2v) is 6.26. The molecule has 3 nitrogen and oxygen atoms in total. The Balaban J connectivity index is 1.82. The minimum atomic E-state index is 0.454. The summed E-state index contributed by atoms with van der Waals surface area (Å²) in [6, 6.07) is 10.2. The van der Waals surface area contributed by atoms with Crippen molar-refractivity contribution in [1.82, 2.24) is 9.97 Å². The number of rotatable bonds is 5. The highest BCUT2D eigenvalue weighted by atomic mass is 79.9. The highest BCUT2D eigenvalue weighted by molar-refractivity contribution is 9.10.